The lowest BCUT2D eigenvalue weighted by molar-refractivity contribution is -0.135. The highest BCUT2D eigenvalue weighted by molar-refractivity contribution is 6.00. The number of pyridine rings is 2. The molecule has 0 unspecified atom stereocenters. The highest BCUT2D eigenvalue weighted by Crippen LogP contribution is 2.35. The lowest BCUT2D eigenvalue weighted by Gasteiger charge is -2.42. The van der Waals surface area contributed by atoms with Crippen molar-refractivity contribution in [2.45, 2.75) is 77.5 Å². The van der Waals surface area contributed by atoms with Crippen LogP contribution in [0, 0.1) is 18.7 Å². The number of hydrogen-bond donors (Lipinski definition) is 2. The van der Waals surface area contributed by atoms with E-state index in [0.717, 1.165) is 102 Å². The first-order chi connectivity index (χ1) is 34.2. The standard InChI is InChI=1S/C54H64FN11O5/c1-33-25-39(27-42(55)50(33)38-14-20-62(21-15-38)35(3)46-29-41-43(11-17-57-51(41)59(46)5)65-22-16-40(56-4)28-49(65)68)53(70)63-18-12-36(13-19-63)32-64-24-23-61(30-34(64)2)31-37-7-8-44-47(26-37)60(6)54(71)66(44)45-9-10-48(67)58-52(45)69/h7-8,11,14,16-17,22,25-29,34-36,45,56H,9-10,12-13,15,18-21,23-24,30-32H2,1-6H3,(H,58,67,69)/t34-,35-,45+/m0/s1. The molecule has 10 rings (SSSR count). The van der Waals surface area contributed by atoms with E-state index in [2.05, 4.69) is 60.9 Å². The highest BCUT2D eigenvalue weighted by atomic mass is 19.1. The monoisotopic (exact) mass is 966 g/mol. The zero-order valence-electron chi connectivity index (χ0n) is 41.6. The molecule has 3 amide bonds. The van der Waals surface area contributed by atoms with Crippen molar-refractivity contribution in [2.24, 2.45) is 20.0 Å². The number of aryl methyl sites for hydroxylation is 3. The largest absolute Gasteiger partial charge is 0.388 e. The number of anilines is 1. The molecular formula is C54H64FN11O5. The molecule has 8 heterocycles. The number of fused-ring (bicyclic) bond motifs is 2. The average Bonchev–Trinajstić information content (AvgIpc) is 3.83. The fourth-order valence-corrected chi connectivity index (χ4v) is 11.7. The summed E-state index contributed by atoms with van der Waals surface area (Å²) < 4.78 is 23.0. The van der Waals surface area contributed by atoms with E-state index in [0.29, 0.717) is 61.1 Å². The first kappa shape index (κ1) is 48.0. The van der Waals surface area contributed by atoms with Gasteiger partial charge in [0.25, 0.3) is 11.5 Å². The summed E-state index contributed by atoms with van der Waals surface area (Å²) in [6.45, 7) is 13.5. The van der Waals surface area contributed by atoms with Crippen LogP contribution in [-0.4, -0.2) is 126 Å². The van der Waals surface area contributed by atoms with Gasteiger partial charge in [-0.25, -0.2) is 14.2 Å². The van der Waals surface area contributed by atoms with Gasteiger partial charge >= 0.3 is 5.69 Å². The van der Waals surface area contributed by atoms with Gasteiger partial charge in [-0.15, -0.1) is 0 Å². The van der Waals surface area contributed by atoms with Crippen molar-refractivity contribution < 1.29 is 18.8 Å². The number of benzene rings is 2. The van der Waals surface area contributed by atoms with Crippen molar-refractivity contribution in [3.63, 3.8) is 0 Å². The van der Waals surface area contributed by atoms with Gasteiger partial charge in [0.2, 0.25) is 11.8 Å². The van der Waals surface area contributed by atoms with Crippen LogP contribution in [-0.2, 0) is 30.2 Å². The smallest absolute Gasteiger partial charge is 0.329 e. The Balaban J connectivity index is 0.719. The second-order valence-corrected chi connectivity index (χ2v) is 20.2. The van der Waals surface area contributed by atoms with Gasteiger partial charge in [-0.2, -0.15) is 0 Å². The van der Waals surface area contributed by atoms with Gasteiger partial charge < -0.3 is 14.8 Å². The Hall–Kier alpha value is -6.69. The molecule has 71 heavy (non-hydrogen) atoms. The van der Waals surface area contributed by atoms with E-state index in [1.54, 1.807) is 41.7 Å². The number of nitrogens with one attached hydrogen (secondary N) is 2. The Morgan fingerprint density at radius 2 is 1.72 bits per heavy atom. The number of aromatic nitrogens is 5. The summed E-state index contributed by atoms with van der Waals surface area (Å²) in [6.07, 6.45) is 8.61. The normalized spacial score (nSPS) is 20.4. The fraction of sp³-hybridized carbons (Fsp3) is 0.444. The molecule has 0 radical (unpaired) electrons. The minimum absolute atomic E-state index is 0.0300. The van der Waals surface area contributed by atoms with E-state index in [1.165, 1.54) is 10.6 Å². The third-order valence-corrected chi connectivity index (χ3v) is 15.8. The second kappa shape index (κ2) is 19.5. The molecule has 4 aliphatic heterocycles. The summed E-state index contributed by atoms with van der Waals surface area (Å²) in [5.74, 6) is -0.751. The van der Waals surface area contributed by atoms with Crippen molar-refractivity contribution in [2.75, 3.05) is 64.7 Å². The average molecular weight is 966 g/mol. The number of piperidine rings is 2. The summed E-state index contributed by atoms with van der Waals surface area (Å²) in [6, 6.07) is 16.4. The Morgan fingerprint density at radius 1 is 0.915 bits per heavy atom. The number of hydrogen-bond acceptors (Lipinski definition) is 10. The topological polar surface area (TPSA) is 155 Å². The molecule has 0 bridgehead atoms. The quantitative estimate of drug-likeness (QED) is 0.154. The summed E-state index contributed by atoms with van der Waals surface area (Å²) in [4.78, 5) is 78.5. The van der Waals surface area contributed by atoms with Gasteiger partial charge in [0.1, 0.15) is 17.5 Å². The van der Waals surface area contributed by atoms with Gasteiger partial charge in [-0.1, -0.05) is 12.1 Å². The fourth-order valence-electron chi connectivity index (χ4n) is 11.7. The number of piperazine rings is 1. The van der Waals surface area contributed by atoms with Gasteiger partial charge in [-0.3, -0.25) is 52.9 Å². The summed E-state index contributed by atoms with van der Waals surface area (Å²) in [7, 11) is 5.52. The van der Waals surface area contributed by atoms with Crippen LogP contribution in [0.2, 0.25) is 0 Å². The molecule has 16 nitrogen and oxygen atoms in total. The van der Waals surface area contributed by atoms with Crippen molar-refractivity contribution in [3.8, 4) is 5.69 Å². The number of carbonyl (C=O) groups is 3. The molecular weight excluding hydrogens is 902 g/mol. The zero-order chi connectivity index (χ0) is 49.8. The SMILES string of the molecule is CNc1ccn(-c2ccnc3c2cc([C@H](C)N2CC=C(c4c(C)cc(C(=O)N5CCC(CN6CCN(Cc7ccc8c(c7)n(C)c(=O)n8[C@@H]7CCC(=O)NC7=O)C[C@@H]6C)CC5)cc4F)CC2)n3C)c(=O)c1. The first-order valence-electron chi connectivity index (χ1n) is 25.0. The number of amides is 3. The summed E-state index contributed by atoms with van der Waals surface area (Å²) in [5.41, 5.74) is 8.26. The lowest BCUT2D eigenvalue weighted by atomic mass is 9.92. The zero-order valence-corrected chi connectivity index (χ0v) is 41.6. The van der Waals surface area contributed by atoms with Crippen LogP contribution >= 0.6 is 0 Å². The Morgan fingerprint density at radius 3 is 2.42 bits per heavy atom. The van der Waals surface area contributed by atoms with Crippen LogP contribution in [0.25, 0.3) is 33.3 Å². The second-order valence-electron chi connectivity index (χ2n) is 20.2. The van der Waals surface area contributed by atoms with Crippen molar-refractivity contribution in [3.05, 3.63) is 128 Å². The predicted octanol–water partition coefficient (Wildman–Crippen LogP) is 5.75. The van der Waals surface area contributed by atoms with Crippen molar-refractivity contribution >= 4 is 51.0 Å². The van der Waals surface area contributed by atoms with E-state index in [4.69, 9.17) is 0 Å². The van der Waals surface area contributed by atoms with Gasteiger partial charge in [0.15, 0.2) is 0 Å². The van der Waals surface area contributed by atoms with Crippen LogP contribution in [0.1, 0.15) is 90.8 Å². The Kier molecular flexibility index (Phi) is 13.2. The number of halogens is 1. The van der Waals surface area contributed by atoms with Crippen LogP contribution in [0.3, 0.4) is 0 Å². The van der Waals surface area contributed by atoms with Gasteiger partial charge in [0.05, 0.1) is 16.7 Å². The molecule has 2 aromatic carbocycles. The third-order valence-electron chi connectivity index (χ3n) is 15.8. The molecule has 0 aliphatic carbocycles. The molecule has 6 aromatic rings. The highest BCUT2D eigenvalue weighted by Gasteiger charge is 2.33. The van der Waals surface area contributed by atoms with Crippen LogP contribution < -0.4 is 21.9 Å². The lowest BCUT2D eigenvalue weighted by Crippen LogP contribution is -2.53. The maximum Gasteiger partial charge on any atom is 0.329 e. The van der Waals surface area contributed by atoms with Crippen molar-refractivity contribution in [1.29, 1.82) is 0 Å². The molecule has 372 valence electrons. The van der Waals surface area contributed by atoms with Crippen LogP contribution in [0.4, 0.5) is 10.1 Å². The number of nitrogens with zero attached hydrogens (tertiary/aromatic N) is 9. The Labute approximate surface area is 412 Å². The number of likely N-dealkylation sites (tertiary alicyclic amines) is 1. The molecule has 3 atom stereocenters. The molecule has 3 fully saturated rings. The Bertz CT molecular complexity index is 3210. The third kappa shape index (κ3) is 9.15. The summed E-state index contributed by atoms with van der Waals surface area (Å²) in [5, 5.41) is 6.29. The number of rotatable bonds is 11. The molecule has 0 saturated carbocycles. The van der Waals surface area contributed by atoms with E-state index in [9.17, 15) is 24.0 Å². The van der Waals surface area contributed by atoms with E-state index >= 15 is 4.39 Å². The maximum atomic E-state index is 16.1. The molecule has 4 aromatic heterocycles. The van der Waals surface area contributed by atoms with Crippen molar-refractivity contribution in [1.82, 2.24) is 48.2 Å². The van der Waals surface area contributed by atoms with Crippen LogP contribution in [0.5, 0.6) is 0 Å². The van der Waals surface area contributed by atoms with E-state index in [1.807, 2.05) is 55.3 Å². The molecule has 4 aliphatic rings. The number of imidazole rings is 1. The summed E-state index contributed by atoms with van der Waals surface area (Å²) >= 11 is 0. The predicted molar refractivity (Wildman–Crippen MR) is 273 cm³/mol. The van der Waals surface area contributed by atoms with E-state index < -0.39 is 11.9 Å². The number of imide groups is 1. The first-order valence-corrected chi connectivity index (χ1v) is 25.0. The van der Waals surface area contributed by atoms with E-state index in [-0.39, 0.29) is 41.3 Å². The molecule has 0 spiro atoms. The molecule has 17 heteroatoms. The minimum atomic E-state index is -0.707. The maximum absolute atomic E-state index is 16.1. The molecule has 3 saturated heterocycles. The number of carbonyl (C=O) groups excluding carboxylic acids is 3. The van der Waals surface area contributed by atoms with Gasteiger partial charge in [0, 0.05) is 145 Å². The minimum Gasteiger partial charge on any atom is -0.388 e. The van der Waals surface area contributed by atoms with Crippen LogP contribution in [0.15, 0.2) is 82.7 Å². The van der Waals surface area contributed by atoms with Gasteiger partial charge in [-0.05, 0) is 112 Å². The molecule has 2 N–H and O–H groups in total.